The number of hydrogen-bond acceptors (Lipinski definition) is 7. The molecule has 4 rings (SSSR count). The normalized spacial score (nSPS) is 11.4. The van der Waals surface area contributed by atoms with Gasteiger partial charge in [0.2, 0.25) is 11.7 Å². The lowest BCUT2D eigenvalue weighted by atomic mass is 10.1. The van der Waals surface area contributed by atoms with Gasteiger partial charge in [-0.25, -0.2) is 0 Å². The van der Waals surface area contributed by atoms with Gasteiger partial charge < -0.3 is 19.2 Å². The van der Waals surface area contributed by atoms with E-state index in [1.54, 1.807) is 0 Å². The van der Waals surface area contributed by atoms with Gasteiger partial charge in [-0.05, 0) is 24.3 Å². The minimum atomic E-state index is -4.74. The topological polar surface area (TPSA) is 97.3 Å². The highest BCUT2D eigenvalue weighted by Gasteiger charge is 2.38. The summed E-state index contributed by atoms with van der Waals surface area (Å²) in [6.45, 7) is 0.750. The maximum atomic E-state index is 12.7. The molecule has 0 aliphatic carbocycles. The van der Waals surface area contributed by atoms with Crippen molar-refractivity contribution in [2.45, 2.75) is 6.18 Å². The van der Waals surface area contributed by atoms with Crippen LogP contribution in [0.15, 0.2) is 69.8 Å². The van der Waals surface area contributed by atoms with Crippen molar-refractivity contribution in [3.8, 4) is 22.8 Å². The third-order valence-electron chi connectivity index (χ3n) is 4.69. The molecule has 11 heteroatoms. The van der Waals surface area contributed by atoms with Crippen LogP contribution < -0.4 is 10.2 Å². The summed E-state index contributed by atoms with van der Waals surface area (Å²) < 4.78 is 47.8. The second-order valence-corrected chi connectivity index (χ2v) is 7.06. The number of amides is 1. The molecule has 0 bridgehead atoms. The van der Waals surface area contributed by atoms with Crippen molar-refractivity contribution in [1.82, 2.24) is 20.4 Å². The predicted molar refractivity (Wildman–Crippen MR) is 112 cm³/mol. The molecule has 0 radical (unpaired) electrons. The highest BCUT2D eigenvalue weighted by atomic mass is 19.4. The molecule has 170 valence electrons. The van der Waals surface area contributed by atoms with E-state index in [0.29, 0.717) is 24.8 Å². The zero-order valence-corrected chi connectivity index (χ0v) is 17.3. The Hall–Kier alpha value is -4.15. The zero-order valence-electron chi connectivity index (χ0n) is 17.3. The van der Waals surface area contributed by atoms with Crippen LogP contribution in [0.4, 0.5) is 19.0 Å². The molecule has 1 amide bonds. The van der Waals surface area contributed by atoms with Gasteiger partial charge >= 0.3 is 12.1 Å². The summed E-state index contributed by atoms with van der Waals surface area (Å²) in [5.41, 5.74) is 1.34. The predicted octanol–water partition coefficient (Wildman–Crippen LogP) is 4.28. The molecule has 0 spiro atoms. The van der Waals surface area contributed by atoms with Crippen LogP contribution in [0.25, 0.3) is 22.8 Å². The number of rotatable bonds is 7. The maximum absolute atomic E-state index is 12.7. The molecule has 0 fully saturated rings. The number of likely N-dealkylation sites (N-methyl/N-ethyl adjacent to an activating group) is 1. The van der Waals surface area contributed by atoms with Crippen LogP contribution >= 0.6 is 0 Å². The minimum absolute atomic E-state index is 0.232. The summed E-state index contributed by atoms with van der Waals surface area (Å²) in [5.74, 6) is -0.985. The third-order valence-corrected chi connectivity index (χ3v) is 4.69. The summed E-state index contributed by atoms with van der Waals surface area (Å²) in [4.78, 5) is 22.1. The number of nitrogens with one attached hydrogen (secondary N) is 1. The fourth-order valence-electron chi connectivity index (χ4n) is 2.96. The molecule has 0 saturated heterocycles. The minimum Gasteiger partial charge on any atom is -0.442 e. The Bertz CT molecular complexity index is 1240. The summed E-state index contributed by atoms with van der Waals surface area (Å²) in [5, 5.41) is 6.10. The molecule has 0 atom stereocenters. The highest BCUT2D eigenvalue weighted by Crippen LogP contribution is 2.29. The molecule has 0 unspecified atom stereocenters. The van der Waals surface area contributed by atoms with E-state index >= 15 is 0 Å². The number of carbonyl (C=O) groups is 1. The zero-order chi connectivity index (χ0) is 23.4. The Kier molecular flexibility index (Phi) is 6.11. The number of hydrogen-bond donors (Lipinski definition) is 1. The van der Waals surface area contributed by atoms with Gasteiger partial charge in [-0.15, -0.1) is 0 Å². The quantitative estimate of drug-likeness (QED) is 0.443. The highest BCUT2D eigenvalue weighted by molar-refractivity contribution is 5.95. The van der Waals surface area contributed by atoms with Crippen molar-refractivity contribution in [2.75, 3.05) is 25.0 Å². The van der Waals surface area contributed by atoms with Crippen molar-refractivity contribution in [3.63, 3.8) is 0 Å². The molecule has 0 aliphatic rings. The van der Waals surface area contributed by atoms with Gasteiger partial charge in [0.05, 0.1) is 0 Å². The molecule has 33 heavy (non-hydrogen) atoms. The van der Waals surface area contributed by atoms with Crippen LogP contribution in [0.5, 0.6) is 0 Å². The van der Waals surface area contributed by atoms with E-state index in [-0.39, 0.29) is 17.0 Å². The molecule has 8 nitrogen and oxygen atoms in total. The first-order valence-electron chi connectivity index (χ1n) is 9.83. The monoisotopic (exact) mass is 457 g/mol. The van der Waals surface area contributed by atoms with E-state index in [4.69, 9.17) is 4.42 Å². The Labute approximate surface area is 186 Å². The lowest BCUT2D eigenvalue weighted by Crippen LogP contribution is -2.33. The lowest BCUT2D eigenvalue weighted by molar-refractivity contribution is -0.159. The first-order valence-corrected chi connectivity index (χ1v) is 9.83. The fraction of sp³-hybridized carbons (Fsp3) is 0.182. The van der Waals surface area contributed by atoms with Crippen molar-refractivity contribution in [3.05, 3.63) is 72.3 Å². The lowest BCUT2D eigenvalue weighted by Gasteiger charge is -2.15. The number of alkyl halides is 3. The average molecular weight is 457 g/mol. The summed E-state index contributed by atoms with van der Waals surface area (Å²) in [7, 11) is 1.81. The van der Waals surface area contributed by atoms with Gasteiger partial charge in [0.25, 0.3) is 5.91 Å². The Morgan fingerprint density at radius 3 is 2.55 bits per heavy atom. The molecule has 2 aromatic carbocycles. The van der Waals surface area contributed by atoms with Crippen molar-refractivity contribution >= 4 is 11.7 Å². The average Bonchev–Trinajstić information content (AvgIpc) is 3.50. The molecule has 4 aromatic rings. The second kappa shape index (κ2) is 9.15. The first-order chi connectivity index (χ1) is 15.8. The van der Waals surface area contributed by atoms with Crippen molar-refractivity contribution in [1.29, 1.82) is 0 Å². The molecular weight excluding hydrogens is 439 g/mol. The maximum Gasteiger partial charge on any atom is 0.471 e. The Balaban J connectivity index is 1.34. The summed E-state index contributed by atoms with van der Waals surface area (Å²) in [6.07, 6.45) is -3.20. The number of aromatic nitrogens is 3. The third kappa shape index (κ3) is 5.20. The number of halogens is 3. The van der Waals surface area contributed by atoms with E-state index in [1.165, 1.54) is 30.5 Å². The Morgan fingerprint density at radius 2 is 1.82 bits per heavy atom. The smallest absolute Gasteiger partial charge is 0.442 e. The number of carbonyl (C=O) groups excluding carboxylic acids is 1. The summed E-state index contributed by atoms with van der Waals surface area (Å²) >= 11 is 0. The molecule has 0 aliphatic heterocycles. The number of nitrogens with zero attached hydrogens (tertiary/aromatic N) is 4. The number of oxazole rings is 1. The summed E-state index contributed by atoms with van der Waals surface area (Å²) in [6, 6.07) is 15.4. The van der Waals surface area contributed by atoms with Gasteiger partial charge in [0.1, 0.15) is 6.26 Å². The van der Waals surface area contributed by atoms with E-state index in [2.05, 4.69) is 25.0 Å². The molecule has 1 N–H and O–H groups in total. The van der Waals surface area contributed by atoms with Gasteiger partial charge in [0, 0.05) is 36.8 Å². The van der Waals surface area contributed by atoms with Crippen molar-refractivity contribution in [2.24, 2.45) is 0 Å². The van der Waals surface area contributed by atoms with E-state index in [1.807, 2.05) is 42.3 Å². The van der Waals surface area contributed by atoms with Crippen LogP contribution in [0.1, 0.15) is 16.2 Å². The molecular formula is C22H18F3N5O3. The largest absolute Gasteiger partial charge is 0.471 e. The van der Waals surface area contributed by atoms with E-state index in [9.17, 15) is 18.0 Å². The van der Waals surface area contributed by atoms with Gasteiger partial charge in [0.15, 0.2) is 5.82 Å². The SMILES string of the molecule is CN(CCNC(=O)c1cccc(-c2noc(C(F)(F)F)n2)c1)c1coc(-c2ccccc2)n1. The number of benzene rings is 2. The first kappa shape index (κ1) is 22.1. The van der Waals surface area contributed by atoms with Gasteiger partial charge in [-0.1, -0.05) is 35.5 Å². The fourth-order valence-corrected chi connectivity index (χ4v) is 2.96. The van der Waals surface area contributed by atoms with Crippen LogP contribution in [-0.2, 0) is 6.18 Å². The molecule has 2 heterocycles. The standard InChI is InChI=1S/C22H18F3N5O3/c1-30(17-13-32-20(27-17)14-6-3-2-4-7-14)11-10-26-19(31)16-9-5-8-15(12-16)18-28-21(33-29-18)22(23,24)25/h2-9,12-13H,10-11H2,1H3,(H,26,31). The van der Waals surface area contributed by atoms with E-state index < -0.39 is 18.0 Å². The van der Waals surface area contributed by atoms with Gasteiger partial charge in [-0.2, -0.15) is 23.1 Å². The van der Waals surface area contributed by atoms with Crippen LogP contribution in [0.2, 0.25) is 0 Å². The van der Waals surface area contributed by atoms with Crippen LogP contribution in [-0.4, -0.2) is 41.2 Å². The van der Waals surface area contributed by atoms with Crippen LogP contribution in [0.3, 0.4) is 0 Å². The number of anilines is 1. The van der Waals surface area contributed by atoms with Crippen LogP contribution in [0, 0.1) is 0 Å². The molecule has 0 saturated carbocycles. The molecule has 2 aromatic heterocycles. The van der Waals surface area contributed by atoms with Gasteiger partial charge in [-0.3, -0.25) is 4.79 Å². The van der Waals surface area contributed by atoms with Crippen molar-refractivity contribution < 1.29 is 26.9 Å². The Morgan fingerprint density at radius 1 is 1.06 bits per heavy atom. The second-order valence-electron chi connectivity index (χ2n) is 7.06. The van der Waals surface area contributed by atoms with E-state index in [0.717, 1.165) is 5.56 Å².